The van der Waals surface area contributed by atoms with E-state index in [-0.39, 0.29) is 22.1 Å². The van der Waals surface area contributed by atoms with Crippen molar-refractivity contribution in [3.63, 3.8) is 0 Å². The van der Waals surface area contributed by atoms with Gasteiger partial charge in [-0.2, -0.15) is 4.72 Å². The highest BCUT2D eigenvalue weighted by atomic mass is 79.9. The number of carbonyl (C=O) groups is 1. The number of ether oxygens (including phenoxy) is 1. The van der Waals surface area contributed by atoms with Crippen molar-refractivity contribution < 1.29 is 17.9 Å². The molecule has 9 heteroatoms. The Kier molecular flexibility index (Phi) is 7.72. The molecular weight excluding hydrogens is 504 g/mol. The highest BCUT2D eigenvalue weighted by Crippen LogP contribution is 2.27. The summed E-state index contributed by atoms with van der Waals surface area (Å²) in [4.78, 5) is 12.9. The van der Waals surface area contributed by atoms with Gasteiger partial charge in [0.25, 0.3) is 0 Å². The highest BCUT2D eigenvalue weighted by Gasteiger charge is 2.28. The third-order valence-electron chi connectivity index (χ3n) is 4.40. The maximum absolute atomic E-state index is 13.1. The molecule has 0 fully saturated rings. The lowest BCUT2D eigenvalue weighted by Gasteiger charge is -2.20. The molecule has 0 aliphatic rings. The van der Waals surface area contributed by atoms with E-state index in [1.54, 1.807) is 18.2 Å². The molecule has 1 atom stereocenters. The van der Waals surface area contributed by atoms with E-state index < -0.39 is 22.0 Å². The van der Waals surface area contributed by atoms with Crippen molar-refractivity contribution in [2.75, 3.05) is 12.4 Å². The number of hydrogen-bond acceptors (Lipinski definition) is 4. The van der Waals surface area contributed by atoms with Crippen molar-refractivity contribution >= 4 is 49.1 Å². The molecule has 0 aliphatic heterocycles. The molecule has 0 spiro atoms. The number of hydrogen-bond donors (Lipinski definition) is 2. The van der Waals surface area contributed by atoms with Gasteiger partial charge >= 0.3 is 0 Å². The number of methoxy groups -OCH3 is 1. The number of nitrogens with one attached hydrogen (secondary N) is 2. The van der Waals surface area contributed by atoms with E-state index in [0.29, 0.717) is 5.69 Å². The van der Waals surface area contributed by atoms with Crippen LogP contribution in [0, 0.1) is 0 Å². The minimum Gasteiger partial charge on any atom is -0.495 e. The van der Waals surface area contributed by atoms with Crippen molar-refractivity contribution in [1.29, 1.82) is 0 Å². The quantitative estimate of drug-likeness (QED) is 0.451. The van der Waals surface area contributed by atoms with Crippen LogP contribution in [0.15, 0.2) is 82.2 Å². The van der Waals surface area contributed by atoms with Crippen LogP contribution in [0.3, 0.4) is 0 Å². The van der Waals surface area contributed by atoms with Crippen molar-refractivity contribution in [3.05, 3.63) is 87.9 Å². The fourth-order valence-electron chi connectivity index (χ4n) is 2.94. The third-order valence-corrected chi connectivity index (χ3v) is 6.63. The van der Waals surface area contributed by atoms with E-state index >= 15 is 0 Å². The monoisotopic (exact) mass is 522 g/mol. The number of amides is 1. The molecule has 31 heavy (non-hydrogen) atoms. The smallest absolute Gasteiger partial charge is 0.245 e. The maximum atomic E-state index is 13.1. The Bertz CT molecular complexity index is 1170. The number of sulfonamides is 1. The Hall–Kier alpha value is -2.39. The fourth-order valence-corrected chi connectivity index (χ4v) is 4.97. The van der Waals surface area contributed by atoms with Gasteiger partial charge in [-0.3, -0.25) is 4.79 Å². The van der Waals surface area contributed by atoms with Gasteiger partial charge in [-0.25, -0.2) is 8.42 Å². The second-order valence-electron chi connectivity index (χ2n) is 6.66. The van der Waals surface area contributed by atoms with Gasteiger partial charge in [-0.05, 0) is 48.4 Å². The number of rotatable bonds is 8. The molecular formula is C22H20BrClN2O4S. The maximum Gasteiger partial charge on any atom is 0.245 e. The summed E-state index contributed by atoms with van der Waals surface area (Å²) >= 11 is 9.36. The lowest BCUT2D eigenvalue weighted by atomic mass is 10.1. The Morgan fingerprint density at radius 1 is 1.06 bits per heavy atom. The molecule has 162 valence electrons. The summed E-state index contributed by atoms with van der Waals surface area (Å²) in [6.45, 7) is 0. The molecule has 1 unspecified atom stereocenters. The van der Waals surface area contributed by atoms with E-state index in [0.717, 1.165) is 10.0 Å². The molecule has 0 aromatic heterocycles. The summed E-state index contributed by atoms with van der Waals surface area (Å²) in [5.74, 6) is -0.366. The zero-order valence-electron chi connectivity index (χ0n) is 16.5. The zero-order chi connectivity index (χ0) is 22.4. The number of benzene rings is 3. The first-order valence-corrected chi connectivity index (χ1v) is 11.9. The molecule has 6 nitrogen and oxygen atoms in total. The van der Waals surface area contributed by atoms with Crippen molar-refractivity contribution in [2.45, 2.75) is 17.4 Å². The average Bonchev–Trinajstić information content (AvgIpc) is 2.74. The van der Waals surface area contributed by atoms with E-state index in [2.05, 4.69) is 26.0 Å². The second kappa shape index (κ2) is 10.3. The third kappa shape index (κ3) is 6.30. The molecule has 2 N–H and O–H groups in total. The first-order chi connectivity index (χ1) is 14.8. The van der Waals surface area contributed by atoms with Crippen LogP contribution >= 0.6 is 27.5 Å². The predicted octanol–water partition coefficient (Wildman–Crippen LogP) is 4.64. The molecule has 0 bridgehead atoms. The molecule has 0 heterocycles. The molecule has 0 aliphatic carbocycles. The highest BCUT2D eigenvalue weighted by molar-refractivity contribution is 9.10. The lowest BCUT2D eigenvalue weighted by Crippen LogP contribution is -2.45. The fraction of sp³-hybridized carbons (Fsp3) is 0.136. The van der Waals surface area contributed by atoms with Crippen LogP contribution < -0.4 is 14.8 Å². The molecule has 3 rings (SSSR count). The number of carbonyl (C=O) groups excluding carboxylic acids is 1. The van der Waals surface area contributed by atoms with E-state index in [9.17, 15) is 13.2 Å². The number of halogens is 2. The van der Waals surface area contributed by atoms with Crippen LogP contribution in [0.2, 0.25) is 5.02 Å². The lowest BCUT2D eigenvalue weighted by molar-refractivity contribution is -0.117. The molecule has 0 saturated heterocycles. The average molecular weight is 524 g/mol. The van der Waals surface area contributed by atoms with Gasteiger partial charge in [0.15, 0.2) is 0 Å². The van der Waals surface area contributed by atoms with Gasteiger partial charge in [-0.15, -0.1) is 0 Å². The zero-order valence-corrected chi connectivity index (χ0v) is 19.7. The minimum absolute atomic E-state index is 0.128. The van der Waals surface area contributed by atoms with Crippen LogP contribution in [-0.4, -0.2) is 27.5 Å². The van der Waals surface area contributed by atoms with Gasteiger partial charge in [-0.1, -0.05) is 63.9 Å². The normalized spacial score (nSPS) is 12.2. The van der Waals surface area contributed by atoms with Crippen LogP contribution in [0.25, 0.3) is 0 Å². The van der Waals surface area contributed by atoms with Gasteiger partial charge in [0.1, 0.15) is 16.7 Å². The topological polar surface area (TPSA) is 84.5 Å². The summed E-state index contributed by atoms with van der Waals surface area (Å²) in [5, 5.41) is 3.00. The molecule has 3 aromatic carbocycles. The largest absolute Gasteiger partial charge is 0.495 e. The van der Waals surface area contributed by atoms with E-state index in [1.165, 1.54) is 25.3 Å². The standard InChI is InChI=1S/C22H20BrClN2O4S/c1-30-20-11-10-17(24)14-21(20)31(28,29)26-19(12-15-6-3-2-4-7-15)22(27)25-18-9-5-8-16(23)13-18/h2-11,13-14,19,26H,12H2,1H3,(H,25,27). The van der Waals surface area contributed by atoms with Crippen LogP contribution in [0.5, 0.6) is 5.75 Å². The van der Waals surface area contributed by atoms with E-state index in [4.69, 9.17) is 16.3 Å². The number of anilines is 1. The van der Waals surface area contributed by atoms with Crippen molar-refractivity contribution in [3.8, 4) is 5.75 Å². The Balaban J connectivity index is 1.92. The van der Waals surface area contributed by atoms with Crippen LogP contribution in [0.4, 0.5) is 5.69 Å². The van der Waals surface area contributed by atoms with Crippen LogP contribution in [-0.2, 0) is 21.2 Å². The van der Waals surface area contributed by atoms with Crippen molar-refractivity contribution in [2.24, 2.45) is 0 Å². The first-order valence-electron chi connectivity index (χ1n) is 9.25. The summed E-state index contributed by atoms with van der Waals surface area (Å²) in [5.41, 5.74) is 1.34. The molecule has 1 amide bonds. The van der Waals surface area contributed by atoms with Gasteiger partial charge in [0.2, 0.25) is 15.9 Å². The summed E-state index contributed by atoms with van der Waals surface area (Å²) in [6.07, 6.45) is 0.156. The summed E-state index contributed by atoms with van der Waals surface area (Å²) < 4.78 is 34.7. The summed E-state index contributed by atoms with van der Waals surface area (Å²) in [7, 11) is -2.76. The van der Waals surface area contributed by atoms with Gasteiger partial charge < -0.3 is 10.1 Å². The van der Waals surface area contributed by atoms with Crippen LogP contribution in [0.1, 0.15) is 5.56 Å². The minimum atomic E-state index is -4.12. The predicted molar refractivity (Wildman–Crippen MR) is 125 cm³/mol. The second-order valence-corrected chi connectivity index (χ2v) is 9.69. The Morgan fingerprint density at radius 3 is 2.48 bits per heavy atom. The Labute approximate surface area is 194 Å². The molecule has 3 aromatic rings. The molecule has 0 saturated carbocycles. The van der Waals surface area contributed by atoms with Gasteiger partial charge in [0, 0.05) is 15.2 Å². The summed E-state index contributed by atoms with van der Waals surface area (Å²) in [6, 6.07) is 19.4. The van der Waals surface area contributed by atoms with Gasteiger partial charge in [0.05, 0.1) is 7.11 Å². The SMILES string of the molecule is COc1ccc(Cl)cc1S(=O)(=O)NC(Cc1ccccc1)C(=O)Nc1cccc(Br)c1. The van der Waals surface area contributed by atoms with Crippen molar-refractivity contribution in [1.82, 2.24) is 4.72 Å². The van der Waals surface area contributed by atoms with E-state index in [1.807, 2.05) is 36.4 Å². The first kappa shape index (κ1) is 23.3. The Morgan fingerprint density at radius 2 is 1.81 bits per heavy atom. The molecule has 0 radical (unpaired) electrons.